The molecule has 35 heavy (non-hydrogen) atoms. The minimum atomic E-state index is -1.92. The van der Waals surface area contributed by atoms with Gasteiger partial charge in [0.1, 0.15) is 6.73 Å². The number of esters is 1. The van der Waals surface area contributed by atoms with Crippen molar-refractivity contribution in [2.24, 2.45) is 0 Å². The molecule has 2 aromatic rings. The Kier molecular flexibility index (Phi) is 9.44. The summed E-state index contributed by atoms with van der Waals surface area (Å²) >= 11 is 0. The number of nitrogens with one attached hydrogen (secondary N) is 1. The van der Waals surface area contributed by atoms with Gasteiger partial charge in [0.15, 0.2) is 14.4 Å². The molecule has 2 rings (SSSR count). The van der Waals surface area contributed by atoms with E-state index >= 15 is 0 Å². The summed E-state index contributed by atoms with van der Waals surface area (Å²) in [6.07, 6.45) is -0.578. The van der Waals surface area contributed by atoms with E-state index in [2.05, 4.69) is 38.8 Å². The number of benzene rings is 1. The molecule has 1 N–H and O–H groups in total. The zero-order valence-electron chi connectivity index (χ0n) is 22.5. The van der Waals surface area contributed by atoms with Gasteiger partial charge in [-0.2, -0.15) is 0 Å². The van der Waals surface area contributed by atoms with Crippen LogP contribution in [0.1, 0.15) is 68.7 Å². The number of aromatic amines is 1. The Morgan fingerprint density at radius 3 is 2.20 bits per heavy atom. The van der Waals surface area contributed by atoms with Crippen molar-refractivity contribution in [2.75, 3.05) is 13.2 Å². The molecule has 9 heteroatoms. The fourth-order valence-electron chi connectivity index (χ4n) is 3.74. The molecule has 0 radical (unpaired) electrons. The second-order valence-electron chi connectivity index (χ2n) is 10.5. The van der Waals surface area contributed by atoms with Crippen molar-refractivity contribution in [3.05, 3.63) is 67.0 Å². The van der Waals surface area contributed by atoms with Crippen molar-refractivity contribution in [1.82, 2.24) is 9.55 Å². The Bertz CT molecular complexity index is 1140. The molecule has 1 atom stereocenters. The van der Waals surface area contributed by atoms with Crippen molar-refractivity contribution in [3.8, 4) is 0 Å². The smallest absolute Gasteiger partial charge is 0.330 e. The number of hydrogen-bond donors (Lipinski definition) is 1. The summed E-state index contributed by atoms with van der Waals surface area (Å²) in [5.41, 5.74) is 2.23. The van der Waals surface area contributed by atoms with Crippen LogP contribution in [0.4, 0.5) is 0 Å². The van der Waals surface area contributed by atoms with Gasteiger partial charge in [-0.15, -0.1) is 0 Å². The quantitative estimate of drug-likeness (QED) is 0.293. The molecule has 0 fully saturated rings. The van der Waals surface area contributed by atoms with Crippen LogP contribution in [-0.4, -0.2) is 37.1 Å². The van der Waals surface area contributed by atoms with E-state index in [0.717, 1.165) is 11.1 Å². The summed E-state index contributed by atoms with van der Waals surface area (Å²) in [7, 11) is -1.92. The number of carbonyl (C=O) groups excluding carboxylic acids is 1. The van der Waals surface area contributed by atoms with Crippen LogP contribution in [0.25, 0.3) is 0 Å². The monoisotopic (exact) mass is 504 g/mol. The molecule has 0 aliphatic rings. The van der Waals surface area contributed by atoms with Crippen LogP contribution in [0, 0.1) is 13.8 Å². The molecule has 1 aromatic carbocycles. The third-order valence-electron chi connectivity index (χ3n) is 6.49. The van der Waals surface area contributed by atoms with E-state index in [1.54, 1.807) is 0 Å². The highest BCUT2D eigenvalue weighted by Gasteiger charge is 2.37. The van der Waals surface area contributed by atoms with Gasteiger partial charge in [-0.1, -0.05) is 57.0 Å². The Balaban J connectivity index is 2.45. The fraction of sp³-hybridized carbons (Fsp3) is 0.577. The lowest BCUT2D eigenvalue weighted by atomic mass is 9.97. The zero-order valence-corrected chi connectivity index (χ0v) is 23.5. The SMILES string of the molecule is CCc1c(C(OC(C)=O)c2cc(C)cc(C)c2)n(COCCO[Si](C)(C)C(C)(C)C)c(=O)[nH]c1=O. The van der Waals surface area contributed by atoms with Gasteiger partial charge < -0.3 is 13.9 Å². The predicted octanol–water partition coefficient (Wildman–Crippen LogP) is 4.36. The number of ether oxygens (including phenoxy) is 2. The Morgan fingerprint density at radius 2 is 1.69 bits per heavy atom. The molecule has 0 bridgehead atoms. The van der Waals surface area contributed by atoms with Crippen molar-refractivity contribution in [2.45, 2.75) is 85.9 Å². The normalized spacial score (nSPS) is 13.1. The number of carbonyl (C=O) groups is 1. The zero-order chi connectivity index (χ0) is 26.6. The first-order valence-electron chi connectivity index (χ1n) is 12.0. The number of rotatable bonds is 10. The van der Waals surface area contributed by atoms with E-state index in [0.29, 0.717) is 29.8 Å². The van der Waals surface area contributed by atoms with Crippen molar-refractivity contribution in [3.63, 3.8) is 0 Å². The standard InChI is InChI=1S/C26H40N2O6Si/c1-10-21-22(23(34-19(4)29)20-14-17(2)13-18(3)15-20)28(25(31)27-24(21)30)16-32-11-12-33-35(8,9)26(5,6)7/h13-15,23H,10-12,16H2,1-9H3,(H,27,30,31). The minimum Gasteiger partial charge on any atom is -0.451 e. The first kappa shape index (κ1) is 28.7. The maximum absolute atomic E-state index is 12.9. The average Bonchev–Trinajstić information content (AvgIpc) is 2.71. The fourth-order valence-corrected chi connectivity index (χ4v) is 4.76. The summed E-state index contributed by atoms with van der Waals surface area (Å²) in [5.74, 6) is -0.515. The lowest BCUT2D eigenvalue weighted by Crippen LogP contribution is -2.41. The molecule has 0 aliphatic heterocycles. The summed E-state index contributed by atoms with van der Waals surface area (Å²) in [4.78, 5) is 40.1. The highest BCUT2D eigenvalue weighted by Crippen LogP contribution is 2.36. The van der Waals surface area contributed by atoms with Crippen LogP contribution < -0.4 is 11.2 Å². The van der Waals surface area contributed by atoms with Crippen LogP contribution in [0.3, 0.4) is 0 Å². The largest absolute Gasteiger partial charge is 0.451 e. The number of H-pyrrole nitrogens is 1. The molecule has 194 valence electrons. The van der Waals surface area contributed by atoms with Gasteiger partial charge in [0.05, 0.1) is 18.9 Å². The summed E-state index contributed by atoms with van der Waals surface area (Å²) in [6.45, 7) is 18.4. The summed E-state index contributed by atoms with van der Waals surface area (Å²) in [5, 5.41) is 0.0786. The predicted molar refractivity (Wildman–Crippen MR) is 139 cm³/mol. The van der Waals surface area contributed by atoms with E-state index in [1.807, 2.05) is 39.0 Å². The Morgan fingerprint density at radius 1 is 1.09 bits per heavy atom. The van der Waals surface area contributed by atoms with Crippen LogP contribution in [0.2, 0.25) is 18.1 Å². The average molecular weight is 505 g/mol. The van der Waals surface area contributed by atoms with Gasteiger partial charge >= 0.3 is 11.7 Å². The van der Waals surface area contributed by atoms with Gasteiger partial charge in [-0.25, -0.2) is 4.79 Å². The molecule has 1 heterocycles. The van der Waals surface area contributed by atoms with Gasteiger partial charge in [-0.3, -0.25) is 19.1 Å². The van der Waals surface area contributed by atoms with Crippen LogP contribution in [0.5, 0.6) is 0 Å². The highest BCUT2D eigenvalue weighted by atomic mass is 28.4. The second-order valence-corrected chi connectivity index (χ2v) is 15.3. The van der Waals surface area contributed by atoms with Crippen molar-refractivity contribution in [1.29, 1.82) is 0 Å². The first-order chi connectivity index (χ1) is 16.2. The molecule has 0 spiro atoms. The summed E-state index contributed by atoms with van der Waals surface area (Å²) in [6, 6.07) is 5.79. The lowest BCUT2D eigenvalue weighted by Gasteiger charge is -2.36. The topological polar surface area (TPSA) is 99.6 Å². The third-order valence-corrected chi connectivity index (χ3v) is 11.0. The van der Waals surface area contributed by atoms with E-state index < -0.39 is 31.6 Å². The van der Waals surface area contributed by atoms with Crippen LogP contribution in [-0.2, 0) is 31.8 Å². The molecule has 0 saturated carbocycles. The first-order valence-corrected chi connectivity index (χ1v) is 14.9. The minimum absolute atomic E-state index is 0.0786. The second kappa shape index (κ2) is 11.5. The summed E-state index contributed by atoms with van der Waals surface area (Å²) < 4.78 is 19.0. The molecule has 8 nitrogen and oxygen atoms in total. The van der Waals surface area contributed by atoms with E-state index in [1.165, 1.54) is 11.5 Å². The van der Waals surface area contributed by atoms with Crippen molar-refractivity contribution < 1.29 is 18.7 Å². The molecule has 1 unspecified atom stereocenters. The number of nitrogens with zero attached hydrogens (tertiary/aromatic N) is 1. The van der Waals surface area contributed by atoms with E-state index in [4.69, 9.17) is 13.9 Å². The Labute approximate surface area is 208 Å². The maximum atomic E-state index is 12.9. The van der Waals surface area contributed by atoms with Crippen LogP contribution in [0.15, 0.2) is 27.8 Å². The molecule has 1 aromatic heterocycles. The Hall–Kier alpha value is -2.49. The van der Waals surface area contributed by atoms with Crippen molar-refractivity contribution >= 4 is 14.3 Å². The lowest BCUT2D eigenvalue weighted by molar-refractivity contribution is -0.145. The van der Waals surface area contributed by atoms with Gasteiger partial charge in [0.2, 0.25) is 0 Å². The van der Waals surface area contributed by atoms with Gasteiger partial charge in [0, 0.05) is 12.5 Å². The maximum Gasteiger partial charge on any atom is 0.330 e. The van der Waals surface area contributed by atoms with Gasteiger partial charge in [-0.05, 0) is 44.0 Å². The molecule has 0 amide bonds. The van der Waals surface area contributed by atoms with E-state index in [-0.39, 0.29) is 18.4 Å². The highest BCUT2D eigenvalue weighted by molar-refractivity contribution is 6.74. The number of hydrogen-bond acceptors (Lipinski definition) is 6. The third kappa shape index (κ3) is 7.25. The molecule has 0 saturated heterocycles. The molecule has 0 aliphatic carbocycles. The van der Waals surface area contributed by atoms with Gasteiger partial charge in [0.25, 0.3) is 5.56 Å². The van der Waals surface area contributed by atoms with Crippen LogP contribution >= 0.6 is 0 Å². The molecular weight excluding hydrogens is 464 g/mol. The number of aromatic nitrogens is 2. The van der Waals surface area contributed by atoms with E-state index in [9.17, 15) is 14.4 Å². The molecular formula is C26H40N2O6Si. The number of aryl methyl sites for hydroxylation is 2.